The van der Waals surface area contributed by atoms with Gasteiger partial charge in [0, 0.05) is 12.7 Å². The number of nitrogens with two attached hydrogens (primary N) is 1. The van der Waals surface area contributed by atoms with E-state index in [0.29, 0.717) is 11.5 Å². The lowest BCUT2D eigenvalue weighted by atomic mass is 9.73. The van der Waals surface area contributed by atoms with Gasteiger partial charge in [-0.2, -0.15) is 0 Å². The number of hydrogen-bond acceptors (Lipinski definition) is 2. The summed E-state index contributed by atoms with van der Waals surface area (Å²) in [6.07, 6.45) is 3.55. The monoisotopic (exact) mass is 283 g/mol. The van der Waals surface area contributed by atoms with E-state index in [1.165, 1.54) is 0 Å². The van der Waals surface area contributed by atoms with E-state index in [1.54, 1.807) is 26.2 Å². The molecule has 20 heavy (non-hydrogen) atoms. The van der Waals surface area contributed by atoms with Crippen molar-refractivity contribution in [2.45, 2.75) is 51.2 Å². The minimum absolute atomic E-state index is 0.213. The van der Waals surface area contributed by atoms with Gasteiger partial charge in [0.05, 0.1) is 11.6 Å². The zero-order chi connectivity index (χ0) is 14.9. The fourth-order valence-corrected chi connectivity index (χ4v) is 3.08. The Balaban J connectivity index is 2.34. The molecule has 2 rings (SSSR count). The molecule has 1 aliphatic carbocycles. The lowest BCUT2D eigenvalue weighted by Crippen LogP contribution is -2.46. The van der Waals surface area contributed by atoms with Crippen molar-refractivity contribution in [3.8, 4) is 0 Å². The van der Waals surface area contributed by atoms with Crippen LogP contribution in [0.25, 0.3) is 0 Å². The van der Waals surface area contributed by atoms with Crippen molar-refractivity contribution in [2.24, 2.45) is 11.7 Å². The Morgan fingerprint density at radius 3 is 2.40 bits per heavy atom. The molecule has 1 aromatic rings. The summed E-state index contributed by atoms with van der Waals surface area (Å²) in [4.78, 5) is 0. The minimum Gasteiger partial charge on any atom is -0.376 e. The molecule has 4 heteroatoms. The van der Waals surface area contributed by atoms with Crippen LogP contribution in [0, 0.1) is 24.5 Å². The predicted molar refractivity (Wildman–Crippen MR) is 75.4 cm³/mol. The summed E-state index contributed by atoms with van der Waals surface area (Å²) in [7, 11) is 1.61. The summed E-state index contributed by atoms with van der Waals surface area (Å²) >= 11 is 0. The number of hydrogen-bond donors (Lipinski definition) is 1. The van der Waals surface area contributed by atoms with Gasteiger partial charge in [-0.25, -0.2) is 8.78 Å². The first-order chi connectivity index (χ1) is 9.41. The SMILES string of the molecule is COC1(C(N)c2ccc(C)c(F)c2F)CCC(C)CC1. The summed E-state index contributed by atoms with van der Waals surface area (Å²) < 4.78 is 33.5. The van der Waals surface area contributed by atoms with Gasteiger partial charge in [0.1, 0.15) is 0 Å². The fraction of sp³-hybridized carbons (Fsp3) is 0.625. The van der Waals surface area contributed by atoms with Gasteiger partial charge in [0.25, 0.3) is 0 Å². The van der Waals surface area contributed by atoms with E-state index in [9.17, 15) is 8.78 Å². The van der Waals surface area contributed by atoms with Crippen LogP contribution in [-0.4, -0.2) is 12.7 Å². The van der Waals surface area contributed by atoms with E-state index in [0.717, 1.165) is 25.7 Å². The largest absolute Gasteiger partial charge is 0.376 e. The molecule has 1 aromatic carbocycles. The number of methoxy groups -OCH3 is 1. The van der Waals surface area contributed by atoms with Gasteiger partial charge in [-0.05, 0) is 44.1 Å². The molecule has 2 nitrogen and oxygen atoms in total. The number of halogens is 2. The van der Waals surface area contributed by atoms with Crippen molar-refractivity contribution in [1.29, 1.82) is 0 Å². The van der Waals surface area contributed by atoms with Gasteiger partial charge in [0.2, 0.25) is 0 Å². The highest BCUT2D eigenvalue weighted by Crippen LogP contribution is 2.42. The standard InChI is InChI=1S/C16H23F2NO/c1-10-6-8-16(20-3,9-7-10)15(19)12-5-4-11(2)13(17)14(12)18/h4-5,10,15H,6-9,19H2,1-3H3. The lowest BCUT2D eigenvalue weighted by molar-refractivity contribution is -0.0679. The number of aryl methyl sites for hydroxylation is 1. The quantitative estimate of drug-likeness (QED) is 0.914. The molecule has 0 aliphatic heterocycles. The maximum Gasteiger partial charge on any atom is 0.163 e. The highest BCUT2D eigenvalue weighted by molar-refractivity contribution is 5.29. The Hall–Kier alpha value is -1.00. The van der Waals surface area contributed by atoms with Crippen LogP contribution < -0.4 is 5.73 Å². The van der Waals surface area contributed by atoms with Crippen molar-refractivity contribution in [1.82, 2.24) is 0 Å². The zero-order valence-electron chi connectivity index (χ0n) is 12.4. The van der Waals surface area contributed by atoms with Crippen molar-refractivity contribution in [3.63, 3.8) is 0 Å². The van der Waals surface area contributed by atoms with Gasteiger partial charge >= 0.3 is 0 Å². The Morgan fingerprint density at radius 2 is 1.85 bits per heavy atom. The zero-order valence-corrected chi connectivity index (χ0v) is 12.4. The van der Waals surface area contributed by atoms with E-state index in [1.807, 2.05) is 0 Å². The molecule has 1 fully saturated rings. The average Bonchev–Trinajstić information content (AvgIpc) is 2.46. The summed E-state index contributed by atoms with van der Waals surface area (Å²) in [5.74, 6) is -1.02. The topological polar surface area (TPSA) is 35.2 Å². The molecule has 0 saturated heterocycles. The smallest absolute Gasteiger partial charge is 0.163 e. The molecule has 2 N–H and O–H groups in total. The van der Waals surface area contributed by atoms with Crippen LogP contribution in [-0.2, 0) is 4.74 Å². The maximum atomic E-state index is 14.1. The molecular weight excluding hydrogens is 260 g/mol. The molecule has 0 bridgehead atoms. The number of benzene rings is 1. The van der Waals surface area contributed by atoms with Gasteiger partial charge in [0.15, 0.2) is 11.6 Å². The summed E-state index contributed by atoms with van der Waals surface area (Å²) in [6.45, 7) is 3.74. The molecular formula is C16H23F2NO. The van der Waals surface area contributed by atoms with Gasteiger partial charge in [-0.15, -0.1) is 0 Å². The van der Waals surface area contributed by atoms with E-state index < -0.39 is 23.3 Å². The second-order valence-electron chi connectivity index (χ2n) is 6.03. The molecule has 0 heterocycles. The first kappa shape index (κ1) is 15.4. The van der Waals surface area contributed by atoms with Crippen LogP contribution in [0.1, 0.15) is 49.8 Å². The molecule has 1 saturated carbocycles. The van der Waals surface area contributed by atoms with Gasteiger partial charge < -0.3 is 10.5 Å². The highest BCUT2D eigenvalue weighted by atomic mass is 19.2. The molecule has 1 unspecified atom stereocenters. The van der Waals surface area contributed by atoms with E-state index in [-0.39, 0.29) is 5.56 Å². The van der Waals surface area contributed by atoms with Gasteiger partial charge in [-0.1, -0.05) is 19.1 Å². The fourth-order valence-electron chi connectivity index (χ4n) is 3.08. The molecule has 0 radical (unpaired) electrons. The van der Waals surface area contributed by atoms with Crippen LogP contribution >= 0.6 is 0 Å². The van der Waals surface area contributed by atoms with Crippen molar-refractivity contribution in [2.75, 3.05) is 7.11 Å². The van der Waals surface area contributed by atoms with E-state index in [2.05, 4.69) is 6.92 Å². The molecule has 1 atom stereocenters. The second-order valence-corrected chi connectivity index (χ2v) is 6.03. The van der Waals surface area contributed by atoms with Crippen molar-refractivity contribution >= 4 is 0 Å². The van der Waals surface area contributed by atoms with E-state index in [4.69, 9.17) is 10.5 Å². The molecule has 0 amide bonds. The molecule has 112 valence electrons. The van der Waals surface area contributed by atoms with Crippen molar-refractivity contribution in [3.05, 3.63) is 34.9 Å². The van der Waals surface area contributed by atoms with Crippen molar-refractivity contribution < 1.29 is 13.5 Å². The minimum atomic E-state index is -0.840. The predicted octanol–water partition coefficient (Wildman–Crippen LogP) is 3.87. The average molecular weight is 283 g/mol. The van der Waals surface area contributed by atoms with Crippen LogP contribution in [0.3, 0.4) is 0 Å². The third-order valence-corrected chi connectivity index (χ3v) is 4.73. The first-order valence-corrected chi connectivity index (χ1v) is 7.16. The maximum absolute atomic E-state index is 14.1. The first-order valence-electron chi connectivity index (χ1n) is 7.16. The molecule has 1 aliphatic rings. The number of ether oxygens (including phenoxy) is 1. The highest BCUT2D eigenvalue weighted by Gasteiger charge is 2.41. The summed E-state index contributed by atoms with van der Waals surface area (Å²) in [5.41, 5.74) is 6.17. The Labute approximate surface area is 119 Å². The second kappa shape index (κ2) is 5.78. The normalized spacial score (nSPS) is 28.4. The number of rotatable bonds is 3. The van der Waals surface area contributed by atoms with Crippen LogP contribution in [0.5, 0.6) is 0 Å². The Bertz CT molecular complexity index is 482. The lowest BCUT2D eigenvalue weighted by Gasteiger charge is -2.42. The van der Waals surface area contributed by atoms with Gasteiger partial charge in [-0.3, -0.25) is 0 Å². The third-order valence-electron chi connectivity index (χ3n) is 4.73. The summed E-state index contributed by atoms with van der Waals surface area (Å²) in [6, 6.07) is 2.51. The third kappa shape index (κ3) is 2.59. The van der Waals surface area contributed by atoms with Crippen LogP contribution in [0.4, 0.5) is 8.78 Å². The molecule has 0 spiro atoms. The van der Waals surface area contributed by atoms with Crippen LogP contribution in [0.15, 0.2) is 12.1 Å². The Kier molecular flexibility index (Phi) is 4.45. The van der Waals surface area contributed by atoms with E-state index >= 15 is 0 Å². The molecule has 0 aromatic heterocycles. The summed E-state index contributed by atoms with van der Waals surface area (Å²) in [5, 5.41) is 0. The van der Waals surface area contributed by atoms with Crippen LogP contribution in [0.2, 0.25) is 0 Å². The Morgan fingerprint density at radius 1 is 1.25 bits per heavy atom.